The maximum atomic E-state index is 5.06. The van der Waals surface area contributed by atoms with Crippen molar-refractivity contribution in [2.24, 2.45) is 0 Å². The van der Waals surface area contributed by atoms with Crippen LogP contribution in [0.25, 0.3) is 0 Å². The first-order valence-corrected chi connectivity index (χ1v) is 6.62. The summed E-state index contributed by atoms with van der Waals surface area (Å²) in [6.45, 7) is 1.65. The van der Waals surface area contributed by atoms with E-state index >= 15 is 0 Å². The number of nitrogens with one attached hydrogen (secondary N) is 1. The second-order valence-corrected chi connectivity index (χ2v) is 4.75. The molecule has 96 valence electrons. The van der Waals surface area contributed by atoms with E-state index < -0.39 is 0 Å². The van der Waals surface area contributed by atoms with E-state index in [2.05, 4.69) is 30.8 Å². The van der Waals surface area contributed by atoms with Crippen molar-refractivity contribution in [1.82, 2.24) is 9.55 Å². The minimum absolute atomic E-state index is 0.757. The molecule has 1 aromatic heterocycles. The van der Waals surface area contributed by atoms with Crippen LogP contribution >= 0.6 is 15.9 Å². The Kier molecular flexibility index (Phi) is 4.78. The summed E-state index contributed by atoms with van der Waals surface area (Å²) >= 11 is 3.51. The van der Waals surface area contributed by atoms with Crippen LogP contribution < -0.4 is 5.32 Å². The Morgan fingerprint density at radius 2 is 2.22 bits per heavy atom. The first-order chi connectivity index (χ1) is 8.81. The molecule has 5 heteroatoms. The van der Waals surface area contributed by atoms with Gasteiger partial charge in [-0.2, -0.15) is 0 Å². The van der Waals surface area contributed by atoms with Gasteiger partial charge in [0.2, 0.25) is 5.95 Å². The van der Waals surface area contributed by atoms with Gasteiger partial charge < -0.3 is 14.6 Å². The largest absolute Gasteiger partial charge is 0.385 e. The van der Waals surface area contributed by atoms with Crippen LogP contribution in [-0.4, -0.2) is 23.3 Å². The molecule has 0 atom stereocenters. The molecule has 0 aliphatic rings. The second-order valence-electron chi connectivity index (χ2n) is 3.90. The molecule has 0 saturated heterocycles. The minimum atomic E-state index is 0.757. The van der Waals surface area contributed by atoms with Gasteiger partial charge in [-0.15, -0.1) is 0 Å². The summed E-state index contributed by atoms with van der Waals surface area (Å²) in [6, 6.07) is 7.99. The molecule has 1 heterocycles. The van der Waals surface area contributed by atoms with Crippen LogP contribution in [0.4, 0.5) is 11.6 Å². The molecule has 0 fully saturated rings. The van der Waals surface area contributed by atoms with Crippen molar-refractivity contribution in [3.63, 3.8) is 0 Å². The van der Waals surface area contributed by atoms with Crippen LogP contribution in [-0.2, 0) is 11.3 Å². The third-order valence-electron chi connectivity index (χ3n) is 2.58. The highest BCUT2D eigenvalue weighted by Crippen LogP contribution is 2.24. The van der Waals surface area contributed by atoms with Crippen molar-refractivity contribution in [3.8, 4) is 0 Å². The van der Waals surface area contributed by atoms with E-state index in [0.29, 0.717) is 0 Å². The molecule has 1 N–H and O–H groups in total. The number of anilines is 2. The summed E-state index contributed by atoms with van der Waals surface area (Å²) in [6.07, 6.45) is 4.73. The average molecular weight is 310 g/mol. The number of para-hydroxylation sites is 1. The number of hydrogen-bond donors (Lipinski definition) is 1. The number of imidazole rings is 1. The van der Waals surface area contributed by atoms with Crippen LogP contribution in [0.15, 0.2) is 41.1 Å². The van der Waals surface area contributed by atoms with Crippen molar-refractivity contribution < 1.29 is 4.74 Å². The molecule has 2 aromatic rings. The van der Waals surface area contributed by atoms with Crippen molar-refractivity contribution in [1.29, 1.82) is 0 Å². The zero-order valence-electron chi connectivity index (χ0n) is 10.3. The van der Waals surface area contributed by atoms with Gasteiger partial charge in [-0.3, -0.25) is 0 Å². The van der Waals surface area contributed by atoms with E-state index in [1.165, 1.54) is 0 Å². The Bertz CT molecular complexity index is 498. The molecule has 0 spiro atoms. The lowest BCUT2D eigenvalue weighted by molar-refractivity contribution is 0.190. The molecule has 0 bridgehead atoms. The summed E-state index contributed by atoms with van der Waals surface area (Å²) in [4.78, 5) is 4.32. The molecule has 0 aliphatic heterocycles. The van der Waals surface area contributed by atoms with Gasteiger partial charge in [-0.05, 0) is 34.5 Å². The summed E-state index contributed by atoms with van der Waals surface area (Å²) in [5.74, 6) is 0.845. The first-order valence-electron chi connectivity index (χ1n) is 5.83. The summed E-state index contributed by atoms with van der Waals surface area (Å²) in [7, 11) is 1.72. The quantitative estimate of drug-likeness (QED) is 0.831. The van der Waals surface area contributed by atoms with Gasteiger partial charge in [0, 0.05) is 37.1 Å². The monoisotopic (exact) mass is 309 g/mol. The molecule has 0 unspecified atom stereocenters. The maximum absolute atomic E-state index is 5.06. The lowest BCUT2D eigenvalue weighted by Crippen LogP contribution is -2.05. The zero-order valence-corrected chi connectivity index (χ0v) is 11.9. The maximum Gasteiger partial charge on any atom is 0.207 e. The Morgan fingerprint density at radius 3 is 3.00 bits per heavy atom. The van der Waals surface area contributed by atoms with Crippen molar-refractivity contribution in [2.45, 2.75) is 13.0 Å². The molecule has 2 rings (SSSR count). The fourth-order valence-electron chi connectivity index (χ4n) is 1.68. The normalized spacial score (nSPS) is 10.6. The van der Waals surface area contributed by atoms with E-state index in [0.717, 1.165) is 35.7 Å². The van der Waals surface area contributed by atoms with Crippen LogP contribution in [0.3, 0.4) is 0 Å². The number of rotatable bonds is 6. The number of aromatic nitrogens is 2. The number of hydrogen-bond acceptors (Lipinski definition) is 3. The molecule has 0 amide bonds. The fourth-order valence-corrected chi connectivity index (χ4v) is 2.06. The lowest BCUT2D eigenvalue weighted by atomic mass is 10.3. The van der Waals surface area contributed by atoms with E-state index in [1.54, 1.807) is 13.3 Å². The minimum Gasteiger partial charge on any atom is -0.385 e. The summed E-state index contributed by atoms with van der Waals surface area (Å²) in [5.41, 5.74) is 1.01. The highest BCUT2D eigenvalue weighted by molar-refractivity contribution is 9.10. The average Bonchev–Trinajstić information content (AvgIpc) is 2.80. The molecule has 18 heavy (non-hydrogen) atoms. The summed E-state index contributed by atoms with van der Waals surface area (Å²) < 4.78 is 8.16. The standard InChI is InChI=1S/C13H16BrN3O/c1-18-10-4-8-17-9-7-15-13(17)16-12-6-3-2-5-11(12)14/h2-3,5-7,9H,4,8,10H2,1H3,(H,15,16). The van der Waals surface area contributed by atoms with Gasteiger partial charge in [0.15, 0.2) is 0 Å². The van der Waals surface area contributed by atoms with E-state index in [9.17, 15) is 0 Å². The number of aryl methyl sites for hydroxylation is 1. The Labute approximate surface area is 115 Å². The molecule has 0 saturated carbocycles. The van der Waals surface area contributed by atoms with Crippen molar-refractivity contribution >= 4 is 27.6 Å². The Morgan fingerprint density at radius 1 is 1.39 bits per heavy atom. The van der Waals surface area contributed by atoms with Crippen LogP contribution in [0.5, 0.6) is 0 Å². The topological polar surface area (TPSA) is 39.1 Å². The van der Waals surface area contributed by atoms with Crippen LogP contribution in [0.1, 0.15) is 6.42 Å². The molecular formula is C13H16BrN3O. The van der Waals surface area contributed by atoms with E-state index in [1.807, 2.05) is 30.5 Å². The number of nitrogens with zero attached hydrogens (tertiary/aromatic N) is 2. The number of ether oxygens (including phenoxy) is 1. The highest BCUT2D eigenvalue weighted by Gasteiger charge is 2.04. The fraction of sp³-hybridized carbons (Fsp3) is 0.308. The van der Waals surface area contributed by atoms with Gasteiger partial charge >= 0.3 is 0 Å². The second kappa shape index (κ2) is 6.56. The van der Waals surface area contributed by atoms with Gasteiger partial charge in [-0.1, -0.05) is 12.1 Å². The predicted octanol–water partition coefficient (Wildman–Crippen LogP) is 3.43. The van der Waals surface area contributed by atoms with E-state index in [-0.39, 0.29) is 0 Å². The zero-order chi connectivity index (χ0) is 12.8. The number of halogens is 1. The Balaban J connectivity index is 2.05. The van der Waals surface area contributed by atoms with Gasteiger partial charge in [0.1, 0.15) is 0 Å². The van der Waals surface area contributed by atoms with Crippen LogP contribution in [0, 0.1) is 0 Å². The molecule has 0 radical (unpaired) electrons. The van der Waals surface area contributed by atoms with Gasteiger partial charge in [0.25, 0.3) is 0 Å². The molecule has 1 aromatic carbocycles. The van der Waals surface area contributed by atoms with Crippen LogP contribution in [0.2, 0.25) is 0 Å². The highest BCUT2D eigenvalue weighted by atomic mass is 79.9. The van der Waals surface area contributed by atoms with Gasteiger partial charge in [0.05, 0.1) is 5.69 Å². The Hall–Kier alpha value is -1.33. The summed E-state index contributed by atoms with van der Waals surface area (Å²) in [5, 5.41) is 3.31. The van der Waals surface area contributed by atoms with Gasteiger partial charge in [-0.25, -0.2) is 4.98 Å². The SMILES string of the molecule is COCCCn1ccnc1Nc1ccccc1Br. The third-order valence-corrected chi connectivity index (χ3v) is 3.27. The van der Waals surface area contributed by atoms with Crippen molar-refractivity contribution in [3.05, 3.63) is 41.1 Å². The first kappa shape index (κ1) is 13.1. The number of methoxy groups -OCH3 is 1. The smallest absolute Gasteiger partial charge is 0.207 e. The van der Waals surface area contributed by atoms with E-state index in [4.69, 9.17) is 4.74 Å². The molecule has 4 nitrogen and oxygen atoms in total. The molecule has 0 aliphatic carbocycles. The predicted molar refractivity (Wildman–Crippen MR) is 76.1 cm³/mol. The van der Waals surface area contributed by atoms with Crippen molar-refractivity contribution in [2.75, 3.05) is 19.0 Å². The third kappa shape index (κ3) is 3.34. The lowest BCUT2D eigenvalue weighted by Gasteiger charge is -2.10. The molecular weight excluding hydrogens is 294 g/mol. The number of benzene rings is 1.